The lowest BCUT2D eigenvalue weighted by Crippen LogP contribution is -2.58. The molecule has 1 heterocycles. The van der Waals surface area contributed by atoms with Gasteiger partial charge in [-0.05, 0) is 36.2 Å². The van der Waals surface area contributed by atoms with Crippen molar-refractivity contribution in [3.8, 4) is 0 Å². The van der Waals surface area contributed by atoms with Crippen LogP contribution in [0.5, 0.6) is 0 Å². The van der Waals surface area contributed by atoms with Crippen molar-refractivity contribution in [2.75, 3.05) is 19.0 Å². The number of aliphatic imine (C=N–C) groups is 1. The highest BCUT2D eigenvalue weighted by molar-refractivity contribution is 8.14. The number of carbonyl (C=O) groups is 1. The largest absolute Gasteiger partial charge is 0.390 e. The zero-order valence-corrected chi connectivity index (χ0v) is 18.4. The van der Waals surface area contributed by atoms with E-state index in [2.05, 4.69) is 0 Å². The van der Waals surface area contributed by atoms with Crippen LogP contribution in [0, 0.1) is 5.92 Å². The van der Waals surface area contributed by atoms with Gasteiger partial charge >= 0.3 is 0 Å². The topological polar surface area (TPSA) is 102 Å². The number of amidine groups is 1. The van der Waals surface area contributed by atoms with Crippen LogP contribution in [0.15, 0.2) is 59.6 Å². The van der Waals surface area contributed by atoms with Crippen LogP contribution in [-0.4, -0.2) is 63.8 Å². The first kappa shape index (κ1) is 21.7. The van der Waals surface area contributed by atoms with Gasteiger partial charge in [0.1, 0.15) is 6.10 Å². The fourth-order valence-corrected chi connectivity index (χ4v) is 5.86. The first-order valence-electron chi connectivity index (χ1n) is 10.3. The summed E-state index contributed by atoms with van der Waals surface area (Å²) in [6.45, 7) is 0.513. The number of aliphatic hydroxyl groups is 2. The summed E-state index contributed by atoms with van der Waals surface area (Å²) < 4.78 is 0. The van der Waals surface area contributed by atoms with E-state index in [4.69, 9.17) is 10.7 Å². The van der Waals surface area contributed by atoms with Gasteiger partial charge in [-0.2, -0.15) is 0 Å². The third-order valence-corrected chi connectivity index (χ3v) is 7.39. The summed E-state index contributed by atoms with van der Waals surface area (Å²) in [5.74, 6) is -0.986. The number of fused-ring (bicyclic) bond motifs is 1. The Labute approximate surface area is 186 Å². The Kier molecular flexibility index (Phi) is 6.22. The van der Waals surface area contributed by atoms with E-state index in [1.54, 1.807) is 0 Å². The van der Waals surface area contributed by atoms with E-state index >= 15 is 0 Å². The van der Waals surface area contributed by atoms with Gasteiger partial charge in [0.25, 0.3) is 0 Å². The molecule has 4 rings (SSSR count). The summed E-state index contributed by atoms with van der Waals surface area (Å²) in [6.07, 6.45) is -1.83. The number of aliphatic hydroxyl groups excluding tert-OH is 2. The van der Waals surface area contributed by atoms with Crippen molar-refractivity contribution in [1.29, 1.82) is 0 Å². The summed E-state index contributed by atoms with van der Waals surface area (Å²) in [5, 5.41) is 21.8. The highest BCUT2D eigenvalue weighted by Crippen LogP contribution is 2.45. The van der Waals surface area contributed by atoms with E-state index in [1.807, 2.05) is 78.5 Å². The minimum absolute atomic E-state index is 0.161. The number of rotatable bonds is 5. The van der Waals surface area contributed by atoms with Crippen LogP contribution in [0.4, 0.5) is 11.4 Å². The maximum atomic E-state index is 12.1. The number of primary amides is 1. The van der Waals surface area contributed by atoms with E-state index in [0.29, 0.717) is 6.54 Å². The lowest BCUT2D eigenvalue weighted by molar-refractivity contribution is -0.128. The summed E-state index contributed by atoms with van der Waals surface area (Å²) in [5.41, 5.74) is 8.58. The van der Waals surface area contributed by atoms with Gasteiger partial charge in [0.15, 0.2) is 5.17 Å². The molecule has 1 amide bonds. The summed E-state index contributed by atoms with van der Waals surface area (Å²) >= 11 is 1.46. The minimum atomic E-state index is -1.00. The van der Waals surface area contributed by atoms with Crippen molar-refractivity contribution in [3.05, 3.63) is 60.2 Å². The SMILES string of the molecule is CN(C)c1ccc(N=C2SC3C(C(N)=O)CC(O)C(O)C3N2Cc2ccccc2)cc1. The first-order chi connectivity index (χ1) is 14.8. The Balaban J connectivity index is 1.72. The predicted octanol–water partition coefficient (Wildman–Crippen LogP) is 1.95. The Bertz CT molecular complexity index is 951. The molecule has 1 saturated carbocycles. The minimum Gasteiger partial charge on any atom is -0.390 e. The number of hydrogen-bond donors (Lipinski definition) is 3. The van der Waals surface area contributed by atoms with Gasteiger partial charge in [-0.15, -0.1) is 0 Å². The number of benzene rings is 2. The molecule has 0 bridgehead atoms. The molecule has 0 aromatic heterocycles. The van der Waals surface area contributed by atoms with Gasteiger partial charge in [-0.25, -0.2) is 4.99 Å². The molecule has 1 saturated heterocycles. The van der Waals surface area contributed by atoms with Crippen molar-refractivity contribution in [3.63, 3.8) is 0 Å². The van der Waals surface area contributed by atoms with Gasteiger partial charge in [-0.3, -0.25) is 4.79 Å². The zero-order valence-electron chi connectivity index (χ0n) is 17.6. The lowest BCUT2D eigenvalue weighted by Gasteiger charge is -2.41. The third kappa shape index (κ3) is 4.42. The van der Waals surface area contributed by atoms with Gasteiger partial charge in [-0.1, -0.05) is 42.1 Å². The number of carbonyl (C=O) groups excluding carboxylic acids is 1. The molecular formula is C23H28N4O3S. The molecule has 0 radical (unpaired) electrons. The molecule has 5 unspecified atom stereocenters. The van der Waals surface area contributed by atoms with Crippen molar-refractivity contribution < 1.29 is 15.0 Å². The molecule has 164 valence electrons. The number of nitrogens with two attached hydrogens (primary N) is 1. The second-order valence-electron chi connectivity index (χ2n) is 8.29. The van der Waals surface area contributed by atoms with Gasteiger partial charge in [0.05, 0.1) is 23.8 Å². The second-order valence-corrected chi connectivity index (χ2v) is 9.44. The van der Waals surface area contributed by atoms with Crippen LogP contribution in [0.2, 0.25) is 0 Å². The van der Waals surface area contributed by atoms with Crippen molar-refractivity contribution in [2.45, 2.75) is 36.5 Å². The number of hydrogen-bond acceptors (Lipinski definition) is 6. The molecule has 2 aliphatic rings. The van der Waals surface area contributed by atoms with Crippen LogP contribution >= 0.6 is 11.8 Å². The zero-order chi connectivity index (χ0) is 22.1. The molecular weight excluding hydrogens is 412 g/mol. The van der Waals surface area contributed by atoms with Gasteiger partial charge in [0.2, 0.25) is 5.91 Å². The highest BCUT2D eigenvalue weighted by atomic mass is 32.2. The van der Waals surface area contributed by atoms with Crippen LogP contribution < -0.4 is 10.6 Å². The molecule has 4 N–H and O–H groups in total. The van der Waals surface area contributed by atoms with Gasteiger partial charge < -0.3 is 25.7 Å². The summed E-state index contributed by atoms with van der Waals surface area (Å²) in [7, 11) is 3.97. The van der Waals surface area contributed by atoms with E-state index in [1.165, 1.54) is 11.8 Å². The van der Waals surface area contributed by atoms with E-state index in [-0.39, 0.29) is 11.7 Å². The van der Waals surface area contributed by atoms with Crippen LogP contribution in [0.1, 0.15) is 12.0 Å². The molecule has 1 aliphatic heterocycles. The van der Waals surface area contributed by atoms with E-state index < -0.39 is 30.1 Å². The quantitative estimate of drug-likeness (QED) is 0.657. The number of anilines is 1. The molecule has 8 heteroatoms. The monoisotopic (exact) mass is 440 g/mol. The molecule has 2 aromatic rings. The van der Waals surface area contributed by atoms with E-state index in [0.717, 1.165) is 22.1 Å². The van der Waals surface area contributed by atoms with Crippen molar-refractivity contribution in [2.24, 2.45) is 16.6 Å². The average Bonchev–Trinajstić information content (AvgIpc) is 3.09. The van der Waals surface area contributed by atoms with Crippen LogP contribution in [0.25, 0.3) is 0 Å². The van der Waals surface area contributed by atoms with Crippen molar-refractivity contribution in [1.82, 2.24) is 4.90 Å². The molecule has 0 spiro atoms. The Morgan fingerprint density at radius 2 is 1.84 bits per heavy atom. The fraction of sp³-hybridized carbons (Fsp3) is 0.391. The molecule has 7 nitrogen and oxygen atoms in total. The Morgan fingerprint density at radius 3 is 2.45 bits per heavy atom. The Hall–Kier alpha value is -2.55. The van der Waals surface area contributed by atoms with Crippen LogP contribution in [-0.2, 0) is 11.3 Å². The number of nitrogens with zero attached hydrogens (tertiary/aromatic N) is 3. The van der Waals surface area contributed by atoms with E-state index in [9.17, 15) is 15.0 Å². The lowest BCUT2D eigenvalue weighted by atomic mass is 9.80. The summed E-state index contributed by atoms with van der Waals surface area (Å²) in [4.78, 5) is 21.0. The normalized spacial score (nSPS) is 29.1. The standard InChI is InChI=1S/C23H28N4O3S/c1-26(2)16-10-8-15(9-11-16)25-23-27(13-14-6-4-3-5-7-14)19-20(29)18(28)12-17(22(24)30)21(19)31-23/h3-11,17-21,28-29H,12-13H2,1-2H3,(H2,24,30). The predicted molar refractivity (Wildman–Crippen MR) is 124 cm³/mol. The molecule has 5 atom stereocenters. The third-order valence-electron chi connectivity index (χ3n) is 5.97. The molecule has 2 aromatic carbocycles. The van der Waals surface area contributed by atoms with Gasteiger partial charge in [0, 0.05) is 31.6 Å². The first-order valence-corrected chi connectivity index (χ1v) is 11.2. The molecule has 31 heavy (non-hydrogen) atoms. The average molecular weight is 441 g/mol. The maximum Gasteiger partial charge on any atom is 0.221 e. The molecule has 1 aliphatic carbocycles. The maximum absolute atomic E-state index is 12.1. The fourth-order valence-electron chi connectivity index (χ4n) is 4.28. The summed E-state index contributed by atoms with van der Waals surface area (Å²) in [6, 6.07) is 17.3. The Morgan fingerprint density at radius 1 is 1.16 bits per heavy atom. The van der Waals surface area contributed by atoms with Crippen molar-refractivity contribution >= 4 is 34.2 Å². The number of amides is 1. The molecule has 2 fully saturated rings. The number of thioether (sulfide) groups is 1. The van der Waals surface area contributed by atoms with Crippen LogP contribution in [0.3, 0.4) is 0 Å². The second kappa shape index (κ2) is 8.90. The highest BCUT2D eigenvalue weighted by Gasteiger charge is 2.54. The smallest absolute Gasteiger partial charge is 0.221 e.